The van der Waals surface area contributed by atoms with Crippen LogP contribution in [0.3, 0.4) is 0 Å². The fourth-order valence-electron chi connectivity index (χ4n) is 3.86. The molecule has 3 aromatic carbocycles. The van der Waals surface area contributed by atoms with Crippen molar-refractivity contribution in [2.45, 2.75) is 20.8 Å². The molecule has 1 aromatic heterocycles. The Labute approximate surface area is 166 Å². The Hall–Kier alpha value is -3.14. The third-order valence-electron chi connectivity index (χ3n) is 5.03. The Bertz CT molecular complexity index is 1030. The van der Waals surface area contributed by atoms with Gasteiger partial charge >= 0.3 is 0 Å². The lowest BCUT2D eigenvalue weighted by atomic mass is 10.1. The summed E-state index contributed by atoms with van der Waals surface area (Å²) >= 11 is 0. The number of fused-ring (bicyclic) bond motifs is 3. The van der Waals surface area contributed by atoms with E-state index in [1.54, 1.807) is 0 Å². The SMILES string of the molecule is CCNc1ccc(-n2c3ccc(NCC)cc3c3cc(NCC)ccc32)cc1. The summed E-state index contributed by atoms with van der Waals surface area (Å²) in [5, 5.41) is 12.8. The molecule has 28 heavy (non-hydrogen) atoms. The summed E-state index contributed by atoms with van der Waals surface area (Å²) in [7, 11) is 0. The van der Waals surface area contributed by atoms with Crippen molar-refractivity contribution in [3.05, 3.63) is 60.7 Å². The molecule has 4 heteroatoms. The van der Waals surface area contributed by atoms with Gasteiger partial charge < -0.3 is 20.5 Å². The van der Waals surface area contributed by atoms with Gasteiger partial charge in [0, 0.05) is 53.2 Å². The van der Waals surface area contributed by atoms with E-state index < -0.39 is 0 Å². The van der Waals surface area contributed by atoms with Crippen LogP contribution in [0.2, 0.25) is 0 Å². The number of aromatic nitrogens is 1. The number of nitrogens with one attached hydrogen (secondary N) is 3. The van der Waals surface area contributed by atoms with Gasteiger partial charge in [0.05, 0.1) is 11.0 Å². The van der Waals surface area contributed by atoms with Gasteiger partial charge in [-0.15, -0.1) is 0 Å². The number of rotatable bonds is 7. The summed E-state index contributed by atoms with van der Waals surface area (Å²) < 4.78 is 2.35. The highest BCUT2D eigenvalue weighted by atomic mass is 15.0. The Morgan fingerprint density at radius 2 is 1.00 bits per heavy atom. The molecule has 0 aliphatic carbocycles. The summed E-state index contributed by atoms with van der Waals surface area (Å²) in [6.45, 7) is 9.13. The van der Waals surface area contributed by atoms with Gasteiger partial charge in [-0.25, -0.2) is 0 Å². The van der Waals surface area contributed by atoms with E-state index in [0.717, 1.165) is 36.7 Å². The van der Waals surface area contributed by atoms with Crippen molar-refractivity contribution in [3.8, 4) is 5.69 Å². The molecule has 1 heterocycles. The molecule has 0 fully saturated rings. The van der Waals surface area contributed by atoms with Gasteiger partial charge in [0.2, 0.25) is 0 Å². The van der Waals surface area contributed by atoms with E-state index in [2.05, 4.69) is 102 Å². The van der Waals surface area contributed by atoms with Crippen molar-refractivity contribution in [1.29, 1.82) is 0 Å². The van der Waals surface area contributed by atoms with Crippen LogP contribution in [0.4, 0.5) is 17.1 Å². The highest BCUT2D eigenvalue weighted by Crippen LogP contribution is 2.35. The molecule has 4 aromatic rings. The van der Waals surface area contributed by atoms with E-state index in [-0.39, 0.29) is 0 Å². The van der Waals surface area contributed by atoms with Gasteiger partial charge in [-0.1, -0.05) is 0 Å². The smallest absolute Gasteiger partial charge is 0.0542 e. The molecule has 3 N–H and O–H groups in total. The first-order chi connectivity index (χ1) is 13.7. The minimum atomic E-state index is 0.915. The molecule has 0 saturated heterocycles. The number of anilines is 3. The second-order valence-electron chi connectivity index (χ2n) is 6.94. The molecule has 144 valence electrons. The maximum Gasteiger partial charge on any atom is 0.0542 e. The number of benzene rings is 3. The minimum Gasteiger partial charge on any atom is -0.385 e. The summed E-state index contributed by atoms with van der Waals surface area (Å²) in [5.41, 5.74) is 7.09. The van der Waals surface area contributed by atoms with E-state index >= 15 is 0 Å². The van der Waals surface area contributed by atoms with E-state index in [9.17, 15) is 0 Å². The molecule has 0 amide bonds. The van der Waals surface area contributed by atoms with E-state index in [1.165, 1.54) is 27.5 Å². The molecule has 0 aliphatic heterocycles. The Morgan fingerprint density at radius 1 is 0.571 bits per heavy atom. The fourth-order valence-corrected chi connectivity index (χ4v) is 3.86. The largest absolute Gasteiger partial charge is 0.385 e. The molecule has 0 atom stereocenters. The van der Waals surface area contributed by atoms with Crippen molar-refractivity contribution in [2.75, 3.05) is 35.6 Å². The first-order valence-corrected chi connectivity index (χ1v) is 10.2. The normalized spacial score (nSPS) is 11.1. The van der Waals surface area contributed by atoms with Gasteiger partial charge in [-0.3, -0.25) is 0 Å². The molecule has 0 saturated carbocycles. The van der Waals surface area contributed by atoms with Gasteiger partial charge in [-0.05, 0) is 81.4 Å². The molecule has 4 nitrogen and oxygen atoms in total. The summed E-state index contributed by atoms with van der Waals surface area (Å²) in [5.74, 6) is 0. The zero-order valence-electron chi connectivity index (χ0n) is 16.8. The standard InChI is InChI=1S/C24H28N4/c1-4-25-17-7-11-20(12-8-17)28-23-13-9-18(26-5-2)15-21(23)22-16-19(27-6-3)10-14-24(22)28/h7-16,25-27H,4-6H2,1-3H3. The monoisotopic (exact) mass is 372 g/mol. The average Bonchev–Trinajstić information content (AvgIpc) is 3.03. The predicted octanol–water partition coefficient (Wildman–Crippen LogP) is 6.08. The lowest BCUT2D eigenvalue weighted by Crippen LogP contribution is -1.98. The van der Waals surface area contributed by atoms with Crippen LogP contribution in [-0.4, -0.2) is 24.2 Å². The zero-order chi connectivity index (χ0) is 19.5. The van der Waals surface area contributed by atoms with Crippen molar-refractivity contribution >= 4 is 38.9 Å². The zero-order valence-corrected chi connectivity index (χ0v) is 16.8. The molecule has 0 unspecified atom stereocenters. The molecular formula is C24H28N4. The van der Waals surface area contributed by atoms with E-state index in [0.29, 0.717) is 0 Å². The minimum absolute atomic E-state index is 0.915. The quantitative estimate of drug-likeness (QED) is 0.368. The van der Waals surface area contributed by atoms with Crippen LogP contribution in [-0.2, 0) is 0 Å². The first kappa shape index (κ1) is 18.2. The summed E-state index contributed by atoms with van der Waals surface area (Å²) in [6, 6.07) is 22.0. The fraction of sp³-hybridized carbons (Fsp3) is 0.250. The maximum absolute atomic E-state index is 3.44. The second kappa shape index (κ2) is 7.85. The number of hydrogen-bond acceptors (Lipinski definition) is 3. The Balaban J connectivity index is 1.95. The third kappa shape index (κ3) is 3.26. The van der Waals surface area contributed by atoms with Crippen LogP contribution in [0.5, 0.6) is 0 Å². The molecule has 4 rings (SSSR count). The molecule has 0 bridgehead atoms. The topological polar surface area (TPSA) is 41.0 Å². The summed E-state index contributed by atoms with van der Waals surface area (Å²) in [4.78, 5) is 0. The van der Waals surface area contributed by atoms with Crippen molar-refractivity contribution in [2.24, 2.45) is 0 Å². The average molecular weight is 373 g/mol. The van der Waals surface area contributed by atoms with Crippen LogP contribution in [0, 0.1) is 0 Å². The van der Waals surface area contributed by atoms with Crippen LogP contribution >= 0.6 is 0 Å². The number of nitrogens with zero attached hydrogens (tertiary/aromatic N) is 1. The third-order valence-corrected chi connectivity index (χ3v) is 5.03. The van der Waals surface area contributed by atoms with Gasteiger partial charge in [0.1, 0.15) is 0 Å². The van der Waals surface area contributed by atoms with E-state index in [1.807, 2.05) is 0 Å². The Kier molecular flexibility index (Phi) is 5.11. The predicted molar refractivity (Wildman–Crippen MR) is 123 cm³/mol. The van der Waals surface area contributed by atoms with Gasteiger partial charge in [-0.2, -0.15) is 0 Å². The molecule has 0 radical (unpaired) electrons. The number of hydrogen-bond donors (Lipinski definition) is 3. The Morgan fingerprint density at radius 3 is 1.46 bits per heavy atom. The maximum atomic E-state index is 3.44. The van der Waals surface area contributed by atoms with E-state index in [4.69, 9.17) is 0 Å². The molecular weight excluding hydrogens is 344 g/mol. The van der Waals surface area contributed by atoms with Crippen LogP contribution < -0.4 is 16.0 Å². The van der Waals surface area contributed by atoms with Crippen molar-refractivity contribution in [3.63, 3.8) is 0 Å². The first-order valence-electron chi connectivity index (χ1n) is 10.2. The van der Waals surface area contributed by atoms with Gasteiger partial charge in [0.25, 0.3) is 0 Å². The lowest BCUT2D eigenvalue weighted by molar-refractivity contribution is 1.17. The molecule has 0 spiro atoms. The van der Waals surface area contributed by atoms with Crippen LogP contribution in [0.1, 0.15) is 20.8 Å². The second-order valence-corrected chi connectivity index (χ2v) is 6.94. The summed E-state index contributed by atoms with van der Waals surface area (Å²) in [6.07, 6.45) is 0. The van der Waals surface area contributed by atoms with Crippen molar-refractivity contribution < 1.29 is 0 Å². The van der Waals surface area contributed by atoms with Gasteiger partial charge in [0.15, 0.2) is 0 Å². The van der Waals surface area contributed by atoms with Crippen LogP contribution in [0.15, 0.2) is 60.7 Å². The molecule has 0 aliphatic rings. The lowest BCUT2D eigenvalue weighted by Gasteiger charge is -2.10. The van der Waals surface area contributed by atoms with Crippen molar-refractivity contribution in [1.82, 2.24) is 4.57 Å². The highest BCUT2D eigenvalue weighted by molar-refractivity contribution is 6.11. The van der Waals surface area contributed by atoms with Crippen LogP contribution in [0.25, 0.3) is 27.5 Å². The highest BCUT2D eigenvalue weighted by Gasteiger charge is 2.13.